The molecule has 0 aromatic heterocycles. The van der Waals surface area contributed by atoms with Crippen molar-refractivity contribution < 1.29 is 14.2 Å². The van der Waals surface area contributed by atoms with Gasteiger partial charge in [0, 0.05) is 12.3 Å². The van der Waals surface area contributed by atoms with E-state index in [2.05, 4.69) is 0 Å². The molecule has 3 nitrogen and oxygen atoms in total. The monoisotopic (exact) mass is 206 g/mol. The lowest BCUT2D eigenvalue weighted by Gasteiger charge is -2.22. The van der Waals surface area contributed by atoms with Crippen molar-refractivity contribution in [2.24, 2.45) is 0 Å². The highest BCUT2D eigenvalue weighted by molar-refractivity contribution is 7.58. The predicted octanol–water partition coefficient (Wildman–Crippen LogP) is 2.23. The van der Waals surface area contributed by atoms with Gasteiger partial charge in [-0.25, -0.2) is 0 Å². The van der Waals surface area contributed by atoms with Crippen LogP contribution in [0.25, 0.3) is 0 Å². The van der Waals surface area contributed by atoms with E-state index in [1.54, 1.807) is 6.66 Å². The zero-order valence-corrected chi connectivity index (χ0v) is 9.46. The van der Waals surface area contributed by atoms with E-state index in [0.29, 0.717) is 6.42 Å². The molecule has 1 N–H and O–H groups in total. The molecule has 0 aromatic rings. The van der Waals surface area contributed by atoms with Crippen LogP contribution < -0.4 is 0 Å². The summed E-state index contributed by atoms with van der Waals surface area (Å²) in [4.78, 5) is 0. The molecule has 0 aliphatic heterocycles. The third-order valence-electron chi connectivity index (χ3n) is 2.46. The average Bonchev–Trinajstić information content (AvgIpc) is 2.32. The van der Waals surface area contributed by atoms with E-state index in [1.807, 2.05) is 13.8 Å². The number of hydrogen-bond donors (Lipinski definition) is 1. The van der Waals surface area contributed by atoms with Gasteiger partial charge in [0.05, 0.1) is 12.2 Å². The molecule has 1 saturated carbocycles. The van der Waals surface area contributed by atoms with Crippen LogP contribution in [0.3, 0.4) is 0 Å². The molecule has 0 spiro atoms. The molecule has 4 heteroatoms. The SMILES string of the molecule is CC(C)OP(C)(=O)[C@H]1CC[C@H](O)C1. The summed E-state index contributed by atoms with van der Waals surface area (Å²) in [6.07, 6.45) is 1.98. The molecule has 0 aromatic carbocycles. The van der Waals surface area contributed by atoms with Crippen molar-refractivity contribution in [2.45, 2.75) is 51.0 Å². The Hall–Kier alpha value is 0.150. The van der Waals surface area contributed by atoms with Crippen LogP contribution in [0.15, 0.2) is 0 Å². The summed E-state index contributed by atoms with van der Waals surface area (Å²) in [6, 6.07) is 0. The average molecular weight is 206 g/mol. The largest absolute Gasteiger partial charge is 0.393 e. The van der Waals surface area contributed by atoms with Gasteiger partial charge in [-0.2, -0.15) is 0 Å². The molecule has 1 fully saturated rings. The van der Waals surface area contributed by atoms with E-state index in [4.69, 9.17) is 4.52 Å². The van der Waals surface area contributed by atoms with Gasteiger partial charge in [-0.05, 0) is 33.1 Å². The van der Waals surface area contributed by atoms with Crippen molar-refractivity contribution in [1.29, 1.82) is 0 Å². The van der Waals surface area contributed by atoms with Crippen LogP contribution in [0.5, 0.6) is 0 Å². The maximum Gasteiger partial charge on any atom is 0.203 e. The van der Waals surface area contributed by atoms with Gasteiger partial charge in [0.15, 0.2) is 0 Å². The molecule has 1 aliphatic rings. The summed E-state index contributed by atoms with van der Waals surface area (Å²) in [7, 11) is -2.49. The molecule has 1 unspecified atom stereocenters. The first-order valence-corrected chi connectivity index (χ1v) is 6.99. The quantitative estimate of drug-likeness (QED) is 0.720. The van der Waals surface area contributed by atoms with Gasteiger partial charge in [0.25, 0.3) is 0 Å². The first-order chi connectivity index (χ1) is 5.92. The standard InChI is InChI=1S/C9H19O3P/c1-7(2)12-13(3,11)9-5-4-8(10)6-9/h7-10H,4-6H2,1-3H3/t8-,9-,13?/m0/s1. The molecular weight excluding hydrogens is 187 g/mol. The van der Waals surface area contributed by atoms with Crippen LogP contribution in [0, 0.1) is 0 Å². The fourth-order valence-electron chi connectivity index (χ4n) is 1.87. The molecule has 0 radical (unpaired) electrons. The van der Waals surface area contributed by atoms with Crippen molar-refractivity contribution in [3.8, 4) is 0 Å². The van der Waals surface area contributed by atoms with Gasteiger partial charge in [0.2, 0.25) is 7.37 Å². The second kappa shape index (κ2) is 4.12. The van der Waals surface area contributed by atoms with Crippen molar-refractivity contribution in [3.05, 3.63) is 0 Å². The Kier molecular flexibility index (Phi) is 3.56. The van der Waals surface area contributed by atoms with Gasteiger partial charge in [-0.1, -0.05) is 0 Å². The van der Waals surface area contributed by atoms with Crippen molar-refractivity contribution in [1.82, 2.24) is 0 Å². The smallest absolute Gasteiger partial charge is 0.203 e. The van der Waals surface area contributed by atoms with E-state index < -0.39 is 7.37 Å². The molecule has 0 amide bonds. The Balaban J connectivity index is 2.54. The topological polar surface area (TPSA) is 46.5 Å². The number of hydrogen-bond acceptors (Lipinski definition) is 3. The second-order valence-electron chi connectivity index (χ2n) is 4.18. The van der Waals surface area contributed by atoms with Crippen LogP contribution in [0.4, 0.5) is 0 Å². The summed E-state index contributed by atoms with van der Waals surface area (Å²) >= 11 is 0. The minimum Gasteiger partial charge on any atom is -0.393 e. The highest BCUT2D eigenvalue weighted by Crippen LogP contribution is 2.54. The molecule has 78 valence electrons. The summed E-state index contributed by atoms with van der Waals surface area (Å²) in [5, 5.41) is 9.32. The molecular formula is C9H19O3P. The number of aliphatic hydroxyl groups excluding tert-OH is 1. The summed E-state index contributed by atoms with van der Waals surface area (Å²) < 4.78 is 17.5. The van der Waals surface area contributed by atoms with Gasteiger partial charge in [-0.15, -0.1) is 0 Å². The Morgan fingerprint density at radius 2 is 2.08 bits per heavy atom. The second-order valence-corrected chi connectivity index (χ2v) is 6.94. The van der Waals surface area contributed by atoms with Crippen LogP contribution >= 0.6 is 7.37 Å². The minimum atomic E-state index is -2.49. The minimum absolute atomic E-state index is 0.00794. The fourth-order valence-corrected chi connectivity index (χ4v) is 4.12. The molecule has 0 bridgehead atoms. The van der Waals surface area contributed by atoms with E-state index in [-0.39, 0.29) is 17.9 Å². The number of aliphatic hydroxyl groups is 1. The Morgan fingerprint density at radius 1 is 1.46 bits per heavy atom. The third kappa shape index (κ3) is 3.08. The van der Waals surface area contributed by atoms with Gasteiger partial charge in [-0.3, -0.25) is 4.57 Å². The van der Waals surface area contributed by atoms with Gasteiger partial charge >= 0.3 is 0 Å². The van der Waals surface area contributed by atoms with Crippen molar-refractivity contribution >= 4 is 7.37 Å². The van der Waals surface area contributed by atoms with Gasteiger partial charge in [0.1, 0.15) is 0 Å². The zero-order chi connectivity index (χ0) is 10.1. The third-order valence-corrected chi connectivity index (χ3v) is 5.10. The lowest BCUT2D eigenvalue weighted by Crippen LogP contribution is -2.11. The number of rotatable bonds is 3. The van der Waals surface area contributed by atoms with Crippen molar-refractivity contribution in [3.63, 3.8) is 0 Å². The zero-order valence-electron chi connectivity index (χ0n) is 8.56. The first kappa shape index (κ1) is 11.2. The summed E-state index contributed by atoms with van der Waals surface area (Å²) in [5.41, 5.74) is 0.0740. The first-order valence-electron chi connectivity index (χ1n) is 4.85. The lowest BCUT2D eigenvalue weighted by molar-refractivity contribution is 0.181. The van der Waals surface area contributed by atoms with Gasteiger partial charge < -0.3 is 9.63 Å². The molecule has 1 aliphatic carbocycles. The highest BCUT2D eigenvalue weighted by Gasteiger charge is 2.36. The molecule has 0 heterocycles. The highest BCUT2D eigenvalue weighted by atomic mass is 31.2. The summed E-state index contributed by atoms with van der Waals surface area (Å²) in [6.45, 7) is 5.47. The lowest BCUT2D eigenvalue weighted by atomic mass is 10.3. The van der Waals surface area contributed by atoms with E-state index in [9.17, 15) is 9.67 Å². The fraction of sp³-hybridized carbons (Fsp3) is 1.00. The van der Waals surface area contributed by atoms with E-state index in [1.165, 1.54) is 0 Å². The van der Waals surface area contributed by atoms with E-state index in [0.717, 1.165) is 12.8 Å². The Morgan fingerprint density at radius 3 is 2.46 bits per heavy atom. The maximum atomic E-state index is 12.0. The molecule has 0 saturated heterocycles. The van der Waals surface area contributed by atoms with Crippen molar-refractivity contribution in [2.75, 3.05) is 6.66 Å². The molecule has 3 atom stereocenters. The Labute approximate surface area is 79.9 Å². The van der Waals surface area contributed by atoms with Crippen LogP contribution in [-0.4, -0.2) is 29.6 Å². The van der Waals surface area contributed by atoms with Crippen LogP contribution in [-0.2, 0) is 9.09 Å². The normalized spacial score (nSPS) is 33.6. The van der Waals surface area contributed by atoms with Crippen LogP contribution in [0.1, 0.15) is 33.1 Å². The van der Waals surface area contributed by atoms with Crippen LogP contribution in [0.2, 0.25) is 0 Å². The molecule has 13 heavy (non-hydrogen) atoms. The predicted molar refractivity (Wildman–Crippen MR) is 53.4 cm³/mol. The maximum absolute atomic E-state index is 12.0. The molecule has 1 rings (SSSR count). The van der Waals surface area contributed by atoms with E-state index >= 15 is 0 Å². The summed E-state index contributed by atoms with van der Waals surface area (Å²) in [5.74, 6) is 0. The Bertz CT molecular complexity index is 215.